The van der Waals surface area contributed by atoms with Crippen LogP contribution in [0.5, 0.6) is 5.88 Å². The molecule has 0 aromatic carbocycles. The molecule has 8 nitrogen and oxygen atoms in total. The predicted octanol–water partition coefficient (Wildman–Crippen LogP) is 3.33. The van der Waals surface area contributed by atoms with Crippen molar-refractivity contribution in [3.05, 3.63) is 36.3 Å². The number of aromatic nitrogens is 4. The van der Waals surface area contributed by atoms with Crippen molar-refractivity contribution in [2.45, 2.75) is 39.0 Å². The maximum atomic E-state index is 11.1. The Balaban J connectivity index is 1.67. The number of carbonyl (C=O) groups excluding carboxylic acids is 1. The lowest BCUT2D eigenvalue weighted by atomic mass is 9.78. The fourth-order valence-electron chi connectivity index (χ4n) is 5.06. The highest BCUT2D eigenvalue weighted by Crippen LogP contribution is 2.42. The van der Waals surface area contributed by atoms with Gasteiger partial charge >= 0.3 is 0 Å². The molecule has 0 radical (unpaired) electrons. The highest BCUT2D eigenvalue weighted by atomic mass is 16.5. The van der Waals surface area contributed by atoms with E-state index in [4.69, 9.17) is 14.7 Å². The third kappa shape index (κ3) is 3.68. The van der Waals surface area contributed by atoms with Gasteiger partial charge in [-0.25, -0.2) is 15.0 Å². The topological polar surface area (TPSA) is 93.1 Å². The second-order valence-corrected chi connectivity index (χ2v) is 9.13. The fourth-order valence-corrected chi connectivity index (χ4v) is 5.06. The Hall–Kier alpha value is -3.13. The quantitative estimate of drug-likeness (QED) is 0.614. The predicted molar refractivity (Wildman–Crippen MR) is 123 cm³/mol. The lowest BCUT2D eigenvalue weighted by Crippen LogP contribution is -2.41. The lowest BCUT2D eigenvalue weighted by molar-refractivity contribution is -0.121. The van der Waals surface area contributed by atoms with Crippen LogP contribution in [0.15, 0.2) is 30.7 Å². The number of anilines is 1. The van der Waals surface area contributed by atoms with Crippen LogP contribution in [-0.2, 0) is 4.79 Å². The van der Waals surface area contributed by atoms with Crippen LogP contribution in [0.3, 0.4) is 0 Å². The third-order valence-corrected chi connectivity index (χ3v) is 6.85. The van der Waals surface area contributed by atoms with E-state index in [1.807, 2.05) is 12.1 Å². The molecule has 0 atom stereocenters. The van der Waals surface area contributed by atoms with Gasteiger partial charge in [0.2, 0.25) is 5.88 Å². The van der Waals surface area contributed by atoms with Gasteiger partial charge in [-0.15, -0.1) is 0 Å². The minimum absolute atomic E-state index is 0.0884. The highest BCUT2D eigenvalue weighted by Gasteiger charge is 2.38. The smallest absolute Gasteiger partial charge is 0.299 e. The van der Waals surface area contributed by atoms with Crippen molar-refractivity contribution in [2.24, 2.45) is 5.41 Å². The van der Waals surface area contributed by atoms with Crippen molar-refractivity contribution in [2.75, 3.05) is 31.1 Å². The molecule has 0 unspecified atom stereocenters. The molecule has 0 bridgehead atoms. The minimum Gasteiger partial charge on any atom is -0.409 e. The molecule has 5 heterocycles. The highest BCUT2D eigenvalue weighted by molar-refractivity contribution is 5.95. The lowest BCUT2D eigenvalue weighted by Gasteiger charge is -2.40. The van der Waals surface area contributed by atoms with Gasteiger partial charge in [0.05, 0.1) is 17.1 Å². The van der Waals surface area contributed by atoms with E-state index in [1.165, 1.54) is 6.42 Å². The van der Waals surface area contributed by atoms with Crippen LogP contribution in [0.4, 0.5) is 5.82 Å². The fraction of sp³-hybridized carbons (Fsp3) is 0.458. The Morgan fingerprint density at radius 3 is 2.59 bits per heavy atom. The van der Waals surface area contributed by atoms with E-state index in [0.717, 1.165) is 66.9 Å². The summed E-state index contributed by atoms with van der Waals surface area (Å²) in [6.07, 6.45) is 8.69. The van der Waals surface area contributed by atoms with E-state index in [2.05, 4.69) is 34.0 Å². The van der Waals surface area contributed by atoms with Crippen LogP contribution in [0.25, 0.3) is 22.3 Å². The van der Waals surface area contributed by atoms with Gasteiger partial charge in [0.25, 0.3) is 6.47 Å². The molecule has 2 aliphatic rings. The summed E-state index contributed by atoms with van der Waals surface area (Å²) in [6, 6.07) is 3.84. The van der Waals surface area contributed by atoms with Crippen LogP contribution < -0.4 is 15.0 Å². The van der Waals surface area contributed by atoms with Crippen molar-refractivity contribution in [3.8, 4) is 17.3 Å². The maximum Gasteiger partial charge on any atom is 0.299 e. The zero-order chi connectivity index (χ0) is 22.1. The monoisotopic (exact) mass is 432 g/mol. The molecule has 3 aromatic rings. The zero-order valence-electron chi connectivity index (χ0n) is 18.5. The molecular weight excluding hydrogens is 404 g/mol. The van der Waals surface area contributed by atoms with Crippen LogP contribution in [0.2, 0.25) is 0 Å². The van der Waals surface area contributed by atoms with Gasteiger partial charge in [-0.05, 0) is 49.3 Å². The molecule has 0 saturated carbocycles. The number of nitrogens with zero attached hydrogens (tertiary/aromatic N) is 5. The van der Waals surface area contributed by atoms with Gasteiger partial charge in [0, 0.05) is 43.2 Å². The van der Waals surface area contributed by atoms with Crippen LogP contribution in [-0.4, -0.2) is 52.6 Å². The summed E-state index contributed by atoms with van der Waals surface area (Å²) >= 11 is 0. The molecule has 166 valence electrons. The van der Waals surface area contributed by atoms with Crippen LogP contribution in [0.1, 0.15) is 44.6 Å². The molecule has 2 fully saturated rings. The summed E-state index contributed by atoms with van der Waals surface area (Å²) in [7, 11) is 0. The van der Waals surface area contributed by atoms with Crippen molar-refractivity contribution in [3.63, 3.8) is 0 Å². The average molecular weight is 433 g/mol. The first kappa shape index (κ1) is 20.8. The number of pyridine rings is 2. The molecule has 32 heavy (non-hydrogen) atoms. The Bertz CT molecular complexity index is 1120. The Morgan fingerprint density at radius 2 is 1.94 bits per heavy atom. The van der Waals surface area contributed by atoms with E-state index in [1.54, 1.807) is 18.6 Å². The number of rotatable bonds is 5. The van der Waals surface area contributed by atoms with E-state index in [-0.39, 0.29) is 5.92 Å². The molecule has 1 N–H and O–H groups in total. The zero-order valence-corrected chi connectivity index (χ0v) is 18.5. The molecule has 2 aliphatic heterocycles. The minimum atomic E-state index is 0.0884. The maximum absolute atomic E-state index is 11.1. The van der Waals surface area contributed by atoms with E-state index in [0.29, 0.717) is 23.6 Å². The van der Waals surface area contributed by atoms with Gasteiger partial charge in [0.15, 0.2) is 5.82 Å². The van der Waals surface area contributed by atoms with Crippen LogP contribution in [0, 0.1) is 5.41 Å². The Kier molecular flexibility index (Phi) is 5.46. The van der Waals surface area contributed by atoms with Crippen molar-refractivity contribution in [1.29, 1.82) is 0 Å². The number of hydrogen-bond donors (Lipinski definition) is 1. The summed E-state index contributed by atoms with van der Waals surface area (Å²) in [5.74, 6) is 1.96. The molecule has 3 aromatic heterocycles. The number of piperidine rings is 1. The molecule has 8 heteroatoms. The molecule has 1 spiro atoms. The summed E-state index contributed by atoms with van der Waals surface area (Å²) in [4.78, 5) is 31.9. The summed E-state index contributed by atoms with van der Waals surface area (Å²) in [5, 5.41) is 4.46. The normalized spacial score (nSPS) is 17.9. The van der Waals surface area contributed by atoms with E-state index >= 15 is 0 Å². The molecule has 0 amide bonds. The van der Waals surface area contributed by atoms with Crippen molar-refractivity contribution in [1.82, 2.24) is 25.3 Å². The summed E-state index contributed by atoms with van der Waals surface area (Å²) < 4.78 is 5.26. The van der Waals surface area contributed by atoms with Crippen molar-refractivity contribution >= 4 is 23.2 Å². The molecule has 5 rings (SSSR count). The van der Waals surface area contributed by atoms with Crippen molar-refractivity contribution < 1.29 is 9.53 Å². The van der Waals surface area contributed by atoms with Gasteiger partial charge in [-0.1, -0.05) is 13.8 Å². The average Bonchev–Trinajstić information content (AvgIpc) is 3.27. The first-order chi connectivity index (χ1) is 15.6. The second-order valence-electron chi connectivity index (χ2n) is 9.13. The summed E-state index contributed by atoms with van der Waals surface area (Å²) in [6.45, 7) is 8.67. The molecule has 2 saturated heterocycles. The number of hydrogen-bond acceptors (Lipinski definition) is 8. The third-order valence-electron chi connectivity index (χ3n) is 6.85. The Morgan fingerprint density at radius 1 is 1.16 bits per heavy atom. The van der Waals surface area contributed by atoms with E-state index in [9.17, 15) is 4.79 Å². The number of ether oxygens (including phenoxy) is 1. The SMILES string of the molecule is CC(C)c1c(OC=O)ncc2nc(-c3ccncc3)nc(N3CCC4(CCNC4)CC3)c12. The van der Waals surface area contributed by atoms with Gasteiger partial charge in [-0.3, -0.25) is 9.78 Å². The first-order valence-electron chi connectivity index (χ1n) is 11.3. The first-order valence-corrected chi connectivity index (χ1v) is 11.3. The largest absolute Gasteiger partial charge is 0.409 e. The summed E-state index contributed by atoms with van der Waals surface area (Å²) in [5.41, 5.74) is 2.94. The number of carbonyl (C=O) groups is 1. The number of fused-ring (bicyclic) bond motifs is 1. The van der Waals surface area contributed by atoms with Gasteiger partial charge < -0.3 is 15.0 Å². The standard InChI is InChI=1S/C24H28N6O2/c1-16(2)19-20-18(13-27-23(19)32-15-31)28-21(17-3-8-25-9-4-17)29-22(20)30-11-6-24(7-12-30)5-10-26-14-24/h3-4,8-9,13,15-16,26H,5-7,10-12,14H2,1-2H3. The second kappa shape index (κ2) is 8.43. The van der Waals surface area contributed by atoms with Gasteiger partial charge in [0.1, 0.15) is 5.82 Å². The van der Waals surface area contributed by atoms with E-state index < -0.39 is 0 Å². The molecule has 0 aliphatic carbocycles. The van der Waals surface area contributed by atoms with Gasteiger partial charge in [-0.2, -0.15) is 0 Å². The molecular formula is C24H28N6O2. The number of nitrogens with one attached hydrogen (secondary N) is 1. The Labute approximate surface area is 187 Å². The van der Waals surface area contributed by atoms with Crippen LogP contribution >= 0.6 is 0 Å².